The highest BCUT2D eigenvalue weighted by Crippen LogP contribution is 2.12. The number of anilines is 1. The van der Waals surface area contributed by atoms with Crippen LogP contribution in [0.3, 0.4) is 0 Å². The first-order valence-electron chi connectivity index (χ1n) is 4.78. The van der Waals surface area contributed by atoms with E-state index in [1.54, 1.807) is 0 Å². The Balaban J connectivity index is 2.11. The molecule has 1 aliphatic heterocycles. The van der Waals surface area contributed by atoms with Crippen LogP contribution in [0.5, 0.6) is 0 Å². The van der Waals surface area contributed by atoms with E-state index in [1.807, 2.05) is 0 Å². The zero-order valence-corrected chi connectivity index (χ0v) is 9.33. The molecule has 0 saturated carbocycles. The van der Waals surface area contributed by atoms with Crippen LogP contribution in [0, 0.1) is 0 Å². The Hall–Kier alpha value is -1.57. The van der Waals surface area contributed by atoms with Crippen molar-refractivity contribution in [3.63, 3.8) is 0 Å². The van der Waals surface area contributed by atoms with Gasteiger partial charge in [0.2, 0.25) is 0 Å². The van der Waals surface area contributed by atoms with Gasteiger partial charge in [-0.3, -0.25) is 9.89 Å². The first kappa shape index (κ1) is 10.9. The van der Waals surface area contributed by atoms with Gasteiger partial charge in [-0.25, -0.2) is 8.42 Å². The number of hydrogen-bond acceptors (Lipinski definition) is 5. The summed E-state index contributed by atoms with van der Waals surface area (Å²) in [5, 5.41) is 6.12. The minimum absolute atomic E-state index is 0.0104. The summed E-state index contributed by atoms with van der Waals surface area (Å²) < 4.78 is 22.4. The molecule has 1 aliphatic rings. The van der Waals surface area contributed by atoms with Gasteiger partial charge in [0.25, 0.3) is 5.91 Å². The zero-order chi connectivity index (χ0) is 11.8. The quantitative estimate of drug-likeness (QED) is 0.649. The number of nitrogen functional groups attached to an aromatic ring is 1. The van der Waals surface area contributed by atoms with Gasteiger partial charge in [0.15, 0.2) is 9.84 Å². The van der Waals surface area contributed by atoms with E-state index in [4.69, 9.17) is 5.73 Å². The topological polar surface area (TPSA) is 109 Å². The lowest BCUT2D eigenvalue weighted by Gasteiger charge is -2.26. The number of nitrogens with two attached hydrogens (primary N) is 1. The number of nitrogens with zero attached hydrogens (tertiary/aromatic N) is 2. The van der Waals surface area contributed by atoms with Crippen LogP contribution in [0.4, 0.5) is 5.82 Å². The van der Waals surface area contributed by atoms with E-state index >= 15 is 0 Å². The number of hydrogen-bond donors (Lipinski definition) is 2. The number of carbonyl (C=O) groups excluding carboxylic acids is 1. The van der Waals surface area contributed by atoms with Crippen LogP contribution in [-0.2, 0) is 9.84 Å². The van der Waals surface area contributed by atoms with Crippen molar-refractivity contribution in [2.45, 2.75) is 0 Å². The van der Waals surface area contributed by atoms with E-state index in [-0.39, 0.29) is 36.3 Å². The summed E-state index contributed by atoms with van der Waals surface area (Å²) in [4.78, 5) is 13.4. The highest BCUT2D eigenvalue weighted by atomic mass is 32.2. The molecule has 2 heterocycles. The van der Waals surface area contributed by atoms with Crippen molar-refractivity contribution in [2.75, 3.05) is 30.3 Å². The molecule has 0 aliphatic carbocycles. The summed E-state index contributed by atoms with van der Waals surface area (Å²) >= 11 is 0. The maximum absolute atomic E-state index is 11.9. The molecular formula is C8H12N4O3S. The van der Waals surface area contributed by atoms with Crippen molar-refractivity contribution in [3.8, 4) is 0 Å². The second-order valence-corrected chi connectivity index (χ2v) is 5.95. The monoisotopic (exact) mass is 244 g/mol. The van der Waals surface area contributed by atoms with Crippen LogP contribution in [0.25, 0.3) is 0 Å². The predicted molar refractivity (Wildman–Crippen MR) is 57.6 cm³/mol. The van der Waals surface area contributed by atoms with Crippen molar-refractivity contribution in [3.05, 3.63) is 11.8 Å². The molecular weight excluding hydrogens is 232 g/mol. The number of rotatable bonds is 1. The Morgan fingerprint density at radius 1 is 1.44 bits per heavy atom. The van der Waals surface area contributed by atoms with Crippen LogP contribution >= 0.6 is 0 Å². The molecule has 0 atom stereocenters. The second-order valence-electron chi connectivity index (χ2n) is 3.64. The highest BCUT2D eigenvalue weighted by Gasteiger charge is 2.27. The molecule has 0 unspecified atom stereocenters. The molecule has 0 radical (unpaired) electrons. The maximum atomic E-state index is 11.9. The van der Waals surface area contributed by atoms with E-state index in [2.05, 4.69) is 10.2 Å². The smallest absolute Gasteiger partial charge is 0.259 e. The Kier molecular flexibility index (Phi) is 2.58. The van der Waals surface area contributed by atoms with Gasteiger partial charge in [-0.05, 0) is 0 Å². The average molecular weight is 244 g/mol. The molecule has 0 aromatic carbocycles. The lowest BCUT2D eigenvalue weighted by molar-refractivity contribution is 0.0771. The van der Waals surface area contributed by atoms with Gasteiger partial charge in [-0.15, -0.1) is 0 Å². The maximum Gasteiger partial charge on any atom is 0.259 e. The van der Waals surface area contributed by atoms with Gasteiger partial charge in [0.05, 0.1) is 17.7 Å². The van der Waals surface area contributed by atoms with Crippen molar-refractivity contribution < 1.29 is 13.2 Å². The number of aromatic amines is 1. The number of sulfone groups is 1. The molecule has 8 heteroatoms. The van der Waals surface area contributed by atoms with Gasteiger partial charge in [-0.1, -0.05) is 0 Å². The summed E-state index contributed by atoms with van der Waals surface area (Å²) in [6.45, 7) is 0.428. The van der Waals surface area contributed by atoms with Gasteiger partial charge >= 0.3 is 0 Å². The van der Waals surface area contributed by atoms with Gasteiger partial charge in [-0.2, -0.15) is 5.10 Å². The summed E-state index contributed by atoms with van der Waals surface area (Å²) in [6, 6.07) is 0. The van der Waals surface area contributed by atoms with E-state index in [9.17, 15) is 13.2 Å². The second kappa shape index (κ2) is 3.78. The van der Waals surface area contributed by atoms with Crippen LogP contribution in [0.2, 0.25) is 0 Å². The standard InChI is InChI=1S/C8H12N4O3S/c9-7-6(5-10-11-7)8(13)12-1-3-16(14,15)4-2-12/h5H,1-4H2,(H3,9,10,11). The molecule has 2 rings (SSSR count). The number of amides is 1. The van der Waals surface area contributed by atoms with Crippen LogP contribution in [-0.4, -0.2) is 54.0 Å². The molecule has 16 heavy (non-hydrogen) atoms. The number of nitrogens with one attached hydrogen (secondary N) is 1. The van der Waals surface area contributed by atoms with Crippen LogP contribution < -0.4 is 5.73 Å². The Morgan fingerprint density at radius 2 is 2.06 bits per heavy atom. The summed E-state index contributed by atoms with van der Waals surface area (Å²) in [7, 11) is -2.98. The van der Waals surface area contributed by atoms with Crippen LogP contribution in [0.1, 0.15) is 10.4 Å². The minimum Gasteiger partial charge on any atom is -0.383 e. The molecule has 7 nitrogen and oxygen atoms in total. The fraction of sp³-hybridized carbons (Fsp3) is 0.500. The molecule has 88 valence electrons. The lowest BCUT2D eigenvalue weighted by Crippen LogP contribution is -2.43. The normalized spacial score (nSPS) is 19.6. The summed E-state index contributed by atoms with van der Waals surface area (Å²) in [5.74, 6) is -0.0490. The molecule has 3 N–H and O–H groups in total. The Bertz CT molecular complexity index is 493. The number of H-pyrrole nitrogens is 1. The Labute approximate surface area is 92.5 Å². The molecule has 0 bridgehead atoms. The highest BCUT2D eigenvalue weighted by molar-refractivity contribution is 7.91. The van der Waals surface area contributed by atoms with Crippen molar-refractivity contribution >= 4 is 21.6 Å². The first-order chi connectivity index (χ1) is 7.49. The number of carbonyl (C=O) groups is 1. The molecule has 1 aromatic heterocycles. The third kappa shape index (κ3) is 2.01. The Morgan fingerprint density at radius 3 is 2.56 bits per heavy atom. The SMILES string of the molecule is Nc1[nH]ncc1C(=O)N1CCS(=O)(=O)CC1. The average Bonchev–Trinajstić information content (AvgIpc) is 2.63. The fourth-order valence-electron chi connectivity index (χ4n) is 1.55. The van der Waals surface area contributed by atoms with E-state index in [0.29, 0.717) is 5.56 Å². The predicted octanol–water partition coefficient (Wildman–Crippen LogP) is -1.14. The van der Waals surface area contributed by atoms with Crippen molar-refractivity contribution in [1.29, 1.82) is 0 Å². The molecule has 0 spiro atoms. The van der Waals surface area contributed by atoms with E-state index in [1.165, 1.54) is 11.1 Å². The third-order valence-electron chi connectivity index (χ3n) is 2.53. The van der Waals surface area contributed by atoms with E-state index < -0.39 is 9.84 Å². The van der Waals surface area contributed by atoms with Gasteiger partial charge in [0, 0.05) is 13.1 Å². The first-order valence-corrected chi connectivity index (χ1v) is 6.60. The summed E-state index contributed by atoms with van der Waals surface area (Å²) in [5.41, 5.74) is 5.81. The fourth-order valence-corrected chi connectivity index (χ4v) is 2.75. The molecule has 1 amide bonds. The molecule has 1 aromatic rings. The van der Waals surface area contributed by atoms with Crippen molar-refractivity contribution in [1.82, 2.24) is 15.1 Å². The van der Waals surface area contributed by atoms with Crippen LogP contribution in [0.15, 0.2) is 6.20 Å². The van der Waals surface area contributed by atoms with Crippen molar-refractivity contribution in [2.24, 2.45) is 0 Å². The minimum atomic E-state index is -2.98. The largest absolute Gasteiger partial charge is 0.383 e. The molecule has 1 saturated heterocycles. The lowest BCUT2D eigenvalue weighted by atomic mass is 10.3. The third-order valence-corrected chi connectivity index (χ3v) is 4.14. The van der Waals surface area contributed by atoms with Gasteiger partial charge < -0.3 is 10.6 Å². The van der Waals surface area contributed by atoms with E-state index in [0.717, 1.165) is 0 Å². The van der Waals surface area contributed by atoms with Gasteiger partial charge in [0.1, 0.15) is 11.4 Å². The zero-order valence-electron chi connectivity index (χ0n) is 8.51. The number of aromatic nitrogens is 2. The summed E-state index contributed by atoms with van der Waals surface area (Å²) in [6.07, 6.45) is 1.35. The molecule has 1 fully saturated rings.